The van der Waals surface area contributed by atoms with E-state index in [9.17, 15) is 13.2 Å². The Bertz CT molecular complexity index is 733. The van der Waals surface area contributed by atoms with E-state index < -0.39 is 10.0 Å². The zero-order valence-electron chi connectivity index (χ0n) is 15.8. The molecule has 2 N–H and O–H groups in total. The Labute approximate surface area is 168 Å². The fourth-order valence-corrected chi connectivity index (χ4v) is 5.27. The molecule has 1 amide bonds. The van der Waals surface area contributed by atoms with E-state index in [1.807, 2.05) is 0 Å². The van der Waals surface area contributed by atoms with Crippen molar-refractivity contribution in [3.05, 3.63) is 29.8 Å². The molecule has 2 fully saturated rings. The Kier molecular flexibility index (Phi) is 8.09. The fourth-order valence-electron chi connectivity index (χ4n) is 3.71. The van der Waals surface area contributed by atoms with Gasteiger partial charge in [-0.25, -0.2) is 8.42 Å². The Morgan fingerprint density at radius 1 is 1.19 bits per heavy atom. The molecule has 1 aromatic rings. The minimum Gasteiger partial charge on any atom is -0.349 e. The van der Waals surface area contributed by atoms with Crippen molar-refractivity contribution in [2.45, 2.75) is 50.0 Å². The highest BCUT2D eigenvalue weighted by Gasteiger charge is 2.27. The maximum Gasteiger partial charge on any atom is 0.251 e. The van der Waals surface area contributed by atoms with Crippen molar-refractivity contribution in [1.82, 2.24) is 14.9 Å². The lowest BCUT2D eigenvalue weighted by Crippen LogP contribution is -2.48. The first-order valence-electron chi connectivity index (χ1n) is 9.60. The summed E-state index contributed by atoms with van der Waals surface area (Å²) < 4.78 is 27.4. The molecule has 2 atom stereocenters. The number of halogens is 1. The van der Waals surface area contributed by atoms with E-state index in [0.717, 1.165) is 45.2 Å². The summed E-state index contributed by atoms with van der Waals surface area (Å²) in [6, 6.07) is 6.56. The SMILES string of the molecule is CC1CNCCC1NC(=O)c1cccc(S(=O)(=O)N2CCCCCC2)c1.Cl. The predicted molar refractivity (Wildman–Crippen MR) is 109 cm³/mol. The molecule has 6 nitrogen and oxygen atoms in total. The van der Waals surface area contributed by atoms with Gasteiger partial charge in [0.1, 0.15) is 0 Å². The lowest BCUT2D eigenvalue weighted by molar-refractivity contribution is 0.0914. The highest BCUT2D eigenvalue weighted by atomic mass is 35.5. The highest BCUT2D eigenvalue weighted by molar-refractivity contribution is 7.89. The summed E-state index contributed by atoms with van der Waals surface area (Å²) in [5.41, 5.74) is 0.409. The van der Waals surface area contributed by atoms with E-state index in [4.69, 9.17) is 0 Å². The second kappa shape index (κ2) is 9.87. The lowest BCUT2D eigenvalue weighted by Gasteiger charge is -2.30. The van der Waals surface area contributed by atoms with E-state index in [0.29, 0.717) is 24.6 Å². The van der Waals surface area contributed by atoms with Gasteiger partial charge in [0.25, 0.3) is 5.91 Å². The van der Waals surface area contributed by atoms with Crippen LogP contribution in [0.1, 0.15) is 49.4 Å². The molecule has 2 aliphatic rings. The molecule has 0 radical (unpaired) electrons. The molecular formula is C19H30ClN3O3S. The number of hydrogen-bond donors (Lipinski definition) is 2. The van der Waals surface area contributed by atoms with Crippen LogP contribution in [0.3, 0.4) is 0 Å². The summed E-state index contributed by atoms with van der Waals surface area (Å²) >= 11 is 0. The van der Waals surface area contributed by atoms with Gasteiger partial charge in [-0.3, -0.25) is 4.79 Å². The highest BCUT2D eigenvalue weighted by Crippen LogP contribution is 2.21. The van der Waals surface area contributed by atoms with Crippen molar-refractivity contribution in [2.24, 2.45) is 5.92 Å². The van der Waals surface area contributed by atoms with E-state index >= 15 is 0 Å². The van der Waals surface area contributed by atoms with Gasteiger partial charge in [-0.1, -0.05) is 25.8 Å². The summed E-state index contributed by atoms with van der Waals surface area (Å²) in [6.45, 7) is 5.00. The van der Waals surface area contributed by atoms with E-state index in [1.165, 1.54) is 6.07 Å². The molecule has 0 aliphatic carbocycles. The first-order chi connectivity index (χ1) is 12.5. The molecule has 2 unspecified atom stereocenters. The molecule has 1 aromatic carbocycles. The standard InChI is InChI=1S/C19H29N3O3S.ClH/c1-15-14-20-10-9-18(15)21-19(23)16-7-6-8-17(13-16)26(24,25)22-11-4-2-3-5-12-22;/h6-8,13,15,18,20H,2-5,9-12,14H2,1H3,(H,21,23);1H. The molecular weight excluding hydrogens is 386 g/mol. The maximum absolute atomic E-state index is 12.9. The van der Waals surface area contributed by atoms with Gasteiger partial charge in [-0.2, -0.15) is 4.31 Å². The number of carbonyl (C=O) groups is 1. The van der Waals surface area contributed by atoms with Crippen LogP contribution in [-0.2, 0) is 10.0 Å². The van der Waals surface area contributed by atoms with Gasteiger partial charge in [-0.05, 0) is 56.5 Å². The quantitative estimate of drug-likeness (QED) is 0.791. The Morgan fingerprint density at radius 2 is 1.89 bits per heavy atom. The van der Waals surface area contributed by atoms with Crippen molar-refractivity contribution in [3.8, 4) is 0 Å². The number of rotatable bonds is 4. The molecule has 3 rings (SSSR count). The third kappa shape index (κ3) is 5.44. The molecule has 0 spiro atoms. The normalized spacial score (nSPS) is 24.5. The second-order valence-electron chi connectivity index (χ2n) is 7.40. The molecule has 8 heteroatoms. The number of benzene rings is 1. The summed E-state index contributed by atoms with van der Waals surface area (Å²) in [5.74, 6) is 0.161. The van der Waals surface area contributed by atoms with Crippen LogP contribution in [0.5, 0.6) is 0 Å². The van der Waals surface area contributed by atoms with Crippen LogP contribution < -0.4 is 10.6 Å². The van der Waals surface area contributed by atoms with Crippen molar-refractivity contribution in [3.63, 3.8) is 0 Å². The number of nitrogens with zero attached hydrogens (tertiary/aromatic N) is 1. The van der Waals surface area contributed by atoms with Gasteiger partial charge in [0.05, 0.1) is 4.90 Å². The average molecular weight is 416 g/mol. The zero-order valence-corrected chi connectivity index (χ0v) is 17.4. The number of carbonyl (C=O) groups excluding carboxylic acids is 1. The second-order valence-corrected chi connectivity index (χ2v) is 9.33. The van der Waals surface area contributed by atoms with Crippen molar-refractivity contribution < 1.29 is 13.2 Å². The first-order valence-corrected chi connectivity index (χ1v) is 11.0. The van der Waals surface area contributed by atoms with Crippen LogP contribution in [0, 0.1) is 5.92 Å². The molecule has 2 saturated heterocycles. The maximum atomic E-state index is 12.9. The van der Waals surface area contributed by atoms with Crippen molar-refractivity contribution in [2.75, 3.05) is 26.2 Å². The third-order valence-corrected chi connectivity index (χ3v) is 7.30. The van der Waals surface area contributed by atoms with Crippen LogP contribution in [0.4, 0.5) is 0 Å². The fraction of sp³-hybridized carbons (Fsp3) is 0.632. The van der Waals surface area contributed by atoms with Gasteiger partial charge in [0.15, 0.2) is 0 Å². The minimum absolute atomic E-state index is 0. The Hall–Kier alpha value is -1.15. The van der Waals surface area contributed by atoms with Gasteiger partial charge in [0.2, 0.25) is 10.0 Å². The van der Waals surface area contributed by atoms with Crippen LogP contribution in [0.2, 0.25) is 0 Å². The monoisotopic (exact) mass is 415 g/mol. The molecule has 152 valence electrons. The summed E-state index contributed by atoms with van der Waals surface area (Å²) in [6.07, 6.45) is 4.82. The lowest BCUT2D eigenvalue weighted by atomic mass is 9.95. The van der Waals surface area contributed by atoms with E-state index in [-0.39, 0.29) is 29.3 Å². The van der Waals surface area contributed by atoms with Gasteiger partial charge in [-0.15, -0.1) is 12.4 Å². The minimum atomic E-state index is -3.54. The summed E-state index contributed by atoms with van der Waals surface area (Å²) in [5, 5.41) is 6.38. The number of sulfonamides is 1. The van der Waals surface area contributed by atoms with Crippen LogP contribution in [0.15, 0.2) is 29.2 Å². The smallest absolute Gasteiger partial charge is 0.251 e. The van der Waals surface area contributed by atoms with Crippen LogP contribution >= 0.6 is 12.4 Å². The van der Waals surface area contributed by atoms with Crippen molar-refractivity contribution >= 4 is 28.3 Å². The van der Waals surface area contributed by atoms with Gasteiger partial charge in [0, 0.05) is 24.7 Å². The summed E-state index contributed by atoms with van der Waals surface area (Å²) in [7, 11) is -3.54. The van der Waals surface area contributed by atoms with Gasteiger partial charge < -0.3 is 10.6 Å². The molecule has 0 saturated carbocycles. The number of hydrogen-bond acceptors (Lipinski definition) is 4. The molecule has 0 aromatic heterocycles. The van der Waals surface area contributed by atoms with Gasteiger partial charge >= 0.3 is 0 Å². The molecule has 2 heterocycles. The number of amides is 1. The summed E-state index contributed by atoms with van der Waals surface area (Å²) in [4.78, 5) is 12.8. The third-order valence-electron chi connectivity index (χ3n) is 5.40. The van der Waals surface area contributed by atoms with E-state index in [1.54, 1.807) is 22.5 Å². The largest absolute Gasteiger partial charge is 0.349 e. The zero-order chi connectivity index (χ0) is 18.6. The topological polar surface area (TPSA) is 78.5 Å². The molecule has 2 aliphatic heterocycles. The van der Waals surface area contributed by atoms with Crippen LogP contribution in [0.25, 0.3) is 0 Å². The van der Waals surface area contributed by atoms with Crippen LogP contribution in [-0.4, -0.2) is 50.9 Å². The molecule has 0 bridgehead atoms. The molecule has 27 heavy (non-hydrogen) atoms. The van der Waals surface area contributed by atoms with Crippen molar-refractivity contribution in [1.29, 1.82) is 0 Å². The van der Waals surface area contributed by atoms with E-state index in [2.05, 4.69) is 17.6 Å². The first kappa shape index (κ1) is 22.1. The Balaban J connectivity index is 0.00000261. The average Bonchev–Trinajstić information content (AvgIpc) is 2.94. The number of nitrogens with one attached hydrogen (secondary N) is 2. The predicted octanol–water partition coefficient (Wildman–Crippen LogP) is 2.40. The number of piperidine rings is 1. The Morgan fingerprint density at radius 3 is 2.56 bits per heavy atom.